The highest BCUT2D eigenvalue weighted by atomic mass is 35.5. The number of hydrogen-bond donors (Lipinski definition) is 1. The molecular formula is C17H22ClNO2. The number of anilines is 1. The summed E-state index contributed by atoms with van der Waals surface area (Å²) in [5.74, 6) is 0.0410. The van der Waals surface area contributed by atoms with E-state index in [0.29, 0.717) is 23.4 Å². The molecule has 2 rings (SSSR count). The Bertz CT molecular complexity index is 540. The van der Waals surface area contributed by atoms with Crippen LogP contribution >= 0.6 is 11.6 Å². The Hall–Kier alpha value is -1.35. The van der Waals surface area contributed by atoms with Crippen LogP contribution in [0, 0.1) is 0 Å². The van der Waals surface area contributed by atoms with Gasteiger partial charge in [0.15, 0.2) is 5.78 Å². The molecule has 0 bridgehead atoms. The second-order valence-electron chi connectivity index (χ2n) is 5.66. The van der Waals surface area contributed by atoms with Crippen LogP contribution in [0.3, 0.4) is 0 Å². The lowest BCUT2D eigenvalue weighted by molar-refractivity contribution is -0.115. The first-order valence-electron chi connectivity index (χ1n) is 7.77. The van der Waals surface area contributed by atoms with Gasteiger partial charge in [0.05, 0.1) is 11.4 Å². The number of hydrogen-bond acceptors (Lipinski definition) is 2. The fraction of sp³-hybridized carbons (Fsp3) is 0.529. The fourth-order valence-corrected chi connectivity index (χ4v) is 2.93. The van der Waals surface area contributed by atoms with Crippen molar-refractivity contribution in [2.24, 2.45) is 0 Å². The van der Waals surface area contributed by atoms with E-state index in [2.05, 4.69) is 12.2 Å². The second kappa shape index (κ2) is 7.60. The minimum Gasteiger partial charge on any atom is -0.325 e. The van der Waals surface area contributed by atoms with Crippen LogP contribution in [0.25, 0.3) is 0 Å². The Morgan fingerprint density at radius 2 is 1.90 bits per heavy atom. The number of ketones is 1. The average molecular weight is 308 g/mol. The molecular weight excluding hydrogens is 286 g/mol. The first-order valence-corrected chi connectivity index (χ1v) is 8.15. The molecule has 114 valence electrons. The zero-order valence-corrected chi connectivity index (χ0v) is 13.3. The number of amides is 1. The molecule has 21 heavy (non-hydrogen) atoms. The number of unbranched alkanes of at least 4 members (excludes halogenated alkanes) is 5. The van der Waals surface area contributed by atoms with Crippen molar-refractivity contribution in [2.75, 3.05) is 5.32 Å². The third-order valence-electron chi connectivity index (χ3n) is 3.88. The molecule has 0 radical (unpaired) electrons. The van der Waals surface area contributed by atoms with Gasteiger partial charge in [0, 0.05) is 17.7 Å². The molecule has 1 aliphatic heterocycles. The molecule has 0 saturated carbocycles. The molecule has 3 nitrogen and oxygen atoms in total. The van der Waals surface area contributed by atoms with E-state index in [0.717, 1.165) is 24.1 Å². The third-order valence-corrected chi connectivity index (χ3v) is 4.19. The van der Waals surface area contributed by atoms with Crippen LogP contribution in [0.4, 0.5) is 5.69 Å². The molecule has 0 fully saturated rings. The van der Waals surface area contributed by atoms with E-state index < -0.39 is 0 Å². The number of nitrogens with one attached hydrogen (secondary N) is 1. The predicted molar refractivity (Wildman–Crippen MR) is 86.1 cm³/mol. The molecule has 1 N–H and O–H groups in total. The summed E-state index contributed by atoms with van der Waals surface area (Å²) in [5.41, 5.74) is 2.16. The van der Waals surface area contributed by atoms with E-state index in [-0.39, 0.29) is 11.7 Å². The first kappa shape index (κ1) is 16.0. The van der Waals surface area contributed by atoms with E-state index in [1.807, 2.05) is 0 Å². The zero-order chi connectivity index (χ0) is 15.2. The lowest BCUT2D eigenvalue weighted by atomic mass is 10.0. The molecule has 1 aromatic rings. The van der Waals surface area contributed by atoms with Crippen LogP contribution in [-0.4, -0.2) is 11.7 Å². The van der Waals surface area contributed by atoms with E-state index in [1.165, 1.54) is 25.7 Å². The maximum Gasteiger partial charge on any atom is 0.228 e. The van der Waals surface area contributed by atoms with E-state index in [9.17, 15) is 9.59 Å². The largest absolute Gasteiger partial charge is 0.325 e. The van der Waals surface area contributed by atoms with Gasteiger partial charge in [0.1, 0.15) is 0 Å². The van der Waals surface area contributed by atoms with Gasteiger partial charge >= 0.3 is 0 Å². The Balaban J connectivity index is 1.88. The van der Waals surface area contributed by atoms with Gasteiger partial charge in [-0.3, -0.25) is 9.59 Å². The lowest BCUT2D eigenvalue weighted by Crippen LogP contribution is -2.03. The number of carbonyl (C=O) groups excluding carboxylic acids is 2. The predicted octanol–water partition coefficient (Wildman–Crippen LogP) is 4.77. The van der Waals surface area contributed by atoms with E-state index in [4.69, 9.17) is 11.6 Å². The molecule has 1 aromatic carbocycles. The lowest BCUT2D eigenvalue weighted by Gasteiger charge is -2.07. The van der Waals surface area contributed by atoms with Crippen molar-refractivity contribution >= 4 is 29.0 Å². The Kier molecular flexibility index (Phi) is 5.80. The van der Waals surface area contributed by atoms with Crippen molar-refractivity contribution in [1.82, 2.24) is 0 Å². The minimum absolute atomic E-state index is 0.0402. The summed E-state index contributed by atoms with van der Waals surface area (Å²) in [6.45, 7) is 2.19. The molecule has 0 aromatic heterocycles. The zero-order valence-electron chi connectivity index (χ0n) is 12.5. The Morgan fingerprint density at radius 3 is 2.67 bits per heavy atom. The average Bonchev–Trinajstić information content (AvgIpc) is 2.80. The minimum atomic E-state index is -0.0402. The normalized spacial score (nSPS) is 13.1. The van der Waals surface area contributed by atoms with Crippen molar-refractivity contribution in [2.45, 2.75) is 58.3 Å². The Morgan fingerprint density at radius 1 is 1.19 bits per heavy atom. The summed E-state index contributed by atoms with van der Waals surface area (Å²) in [6.07, 6.45) is 7.81. The smallest absolute Gasteiger partial charge is 0.228 e. The Labute approximate surface area is 131 Å². The van der Waals surface area contributed by atoms with Crippen molar-refractivity contribution in [3.63, 3.8) is 0 Å². The second-order valence-corrected chi connectivity index (χ2v) is 6.06. The van der Waals surface area contributed by atoms with Gasteiger partial charge in [-0.25, -0.2) is 0 Å². The van der Waals surface area contributed by atoms with Crippen molar-refractivity contribution < 1.29 is 9.59 Å². The summed E-state index contributed by atoms with van der Waals surface area (Å²) >= 11 is 6.16. The number of fused-ring (bicyclic) bond motifs is 1. The molecule has 0 unspecified atom stereocenters. The number of Topliss-reactive ketones (excluding diaryl/α,β-unsaturated/α-hetero) is 1. The summed E-state index contributed by atoms with van der Waals surface area (Å²) in [4.78, 5) is 23.6. The van der Waals surface area contributed by atoms with Gasteiger partial charge in [-0.1, -0.05) is 50.6 Å². The van der Waals surface area contributed by atoms with Crippen LogP contribution in [0.1, 0.15) is 67.8 Å². The molecule has 0 spiro atoms. The van der Waals surface area contributed by atoms with Crippen LogP contribution < -0.4 is 5.32 Å². The van der Waals surface area contributed by atoms with Gasteiger partial charge in [-0.15, -0.1) is 0 Å². The van der Waals surface area contributed by atoms with Crippen LogP contribution in [-0.2, 0) is 11.2 Å². The van der Waals surface area contributed by atoms with Crippen LogP contribution in [0.5, 0.6) is 0 Å². The van der Waals surface area contributed by atoms with Gasteiger partial charge in [-0.2, -0.15) is 0 Å². The van der Waals surface area contributed by atoms with Gasteiger partial charge in [0.25, 0.3) is 0 Å². The third kappa shape index (κ3) is 4.31. The molecule has 0 atom stereocenters. The van der Waals surface area contributed by atoms with Crippen molar-refractivity contribution in [3.8, 4) is 0 Å². The summed E-state index contributed by atoms with van der Waals surface area (Å²) in [5, 5.41) is 3.18. The monoisotopic (exact) mass is 307 g/mol. The topological polar surface area (TPSA) is 46.2 Å². The first-order chi connectivity index (χ1) is 10.1. The quantitative estimate of drug-likeness (QED) is 0.555. The maximum absolute atomic E-state index is 12.2. The van der Waals surface area contributed by atoms with Gasteiger partial charge in [0.2, 0.25) is 5.91 Å². The van der Waals surface area contributed by atoms with Crippen LogP contribution in [0.2, 0.25) is 5.02 Å². The van der Waals surface area contributed by atoms with Crippen molar-refractivity contribution in [3.05, 3.63) is 28.3 Å². The van der Waals surface area contributed by atoms with E-state index >= 15 is 0 Å². The summed E-state index contributed by atoms with van der Waals surface area (Å²) < 4.78 is 0. The standard InChI is InChI=1S/C17H22ClNO2/c1-2-3-4-5-6-7-8-16(20)13-9-12-10-17(21)19-15(12)11-14(13)18/h9,11H,2-8,10H2,1H3,(H,19,21). The summed E-state index contributed by atoms with van der Waals surface area (Å²) in [6, 6.07) is 3.46. The maximum atomic E-state index is 12.2. The highest BCUT2D eigenvalue weighted by Gasteiger charge is 2.21. The number of rotatable bonds is 8. The van der Waals surface area contributed by atoms with Crippen molar-refractivity contribution in [1.29, 1.82) is 0 Å². The van der Waals surface area contributed by atoms with Gasteiger partial charge in [-0.05, 0) is 24.1 Å². The van der Waals surface area contributed by atoms with E-state index in [1.54, 1.807) is 12.1 Å². The molecule has 0 aliphatic carbocycles. The molecule has 1 amide bonds. The highest BCUT2D eigenvalue weighted by molar-refractivity contribution is 6.34. The number of benzene rings is 1. The highest BCUT2D eigenvalue weighted by Crippen LogP contribution is 2.30. The summed E-state index contributed by atoms with van der Waals surface area (Å²) in [7, 11) is 0. The van der Waals surface area contributed by atoms with Gasteiger partial charge < -0.3 is 5.32 Å². The number of carbonyl (C=O) groups is 2. The number of halogens is 1. The molecule has 1 aliphatic rings. The molecule has 1 heterocycles. The molecule has 0 saturated heterocycles. The molecule has 4 heteroatoms. The SMILES string of the molecule is CCCCCCCCC(=O)c1cc2c(cc1Cl)NC(=O)C2. The fourth-order valence-electron chi connectivity index (χ4n) is 2.66. The van der Waals surface area contributed by atoms with Crippen LogP contribution in [0.15, 0.2) is 12.1 Å².